The van der Waals surface area contributed by atoms with Crippen LogP contribution >= 0.6 is 15.9 Å². The predicted molar refractivity (Wildman–Crippen MR) is 199 cm³/mol. The summed E-state index contributed by atoms with van der Waals surface area (Å²) in [6, 6.07) is 44.3. The molecule has 8 aromatic carbocycles. The molecule has 0 atom stereocenters. The standard InChI is InChI=1S/C42H32BBrO2/c1-41(2)42(3,4)46-43(45-41)37-23-35(29-17-9-13-25-11-5-7-15-27(25)29)31-20-22-34-38(44)24-36(32-19-21-33(37)39(31)40(32)34)30-18-10-14-26-12-6-8-16-28(26)30/h5-24H,1-4H3. The van der Waals surface area contributed by atoms with Crippen LogP contribution in [0.5, 0.6) is 0 Å². The van der Waals surface area contributed by atoms with Crippen LogP contribution < -0.4 is 5.46 Å². The van der Waals surface area contributed by atoms with Crippen molar-refractivity contribution in [2.24, 2.45) is 0 Å². The SMILES string of the molecule is CC1(C)OB(c2cc(-c3cccc4ccccc34)c3ccc4c(Br)cc(-c5cccc6ccccc56)c5ccc2c3c45)OC1(C)C. The molecule has 46 heavy (non-hydrogen) atoms. The molecule has 1 saturated heterocycles. The number of halogens is 1. The minimum atomic E-state index is -0.496. The molecule has 0 spiro atoms. The van der Waals surface area contributed by atoms with Gasteiger partial charge in [-0.05, 0) is 115 Å². The van der Waals surface area contributed by atoms with E-state index in [2.05, 4.69) is 165 Å². The summed E-state index contributed by atoms with van der Waals surface area (Å²) in [5, 5.41) is 12.3. The van der Waals surface area contributed by atoms with Crippen molar-refractivity contribution >= 4 is 82.4 Å². The third-order valence-corrected chi connectivity index (χ3v) is 11.2. The van der Waals surface area contributed by atoms with E-state index in [0.717, 1.165) is 15.3 Å². The van der Waals surface area contributed by atoms with Crippen LogP contribution in [0.15, 0.2) is 126 Å². The number of benzene rings is 8. The summed E-state index contributed by atoms with van der Waals surface area (Å²) >= 11 is 4.01. The van der Waals surface area contributed by atoms with Crippen LogP contribution in [-0.2, 0) is 9.31 Å². The lowest BCUT2D eigenvalue weighted by molar-refractivity contribution is 0.00578. The molecule has 8 aromatic rings. The summed E-state index contributed by atoms with van der Waals surface area (Å²) in [6.07, 6.45) is 0. The van der Waals surface area contributed by atoms with E-state index in [4.69, 9.17) is 9.31 Å². The van der Waals surface area contributed by atoms with Crippen LogP contribution in [0.2, 0.25) is 0 Å². The van der Waals surface area contributed by atoms with E-state index < -0.39 is 18.3 Å². The maximum atomic E-state index is 6.75. The zero-order valence-corrected chi connectivity index (χ0v) is 27.9. The van der Waals surface area contributed by atoms with Crippen molar-refractivity contribution in [3.05, 3.63) is 126 Å². The maximum Gasteiger partial charge on any atom is 0.495 e. The number of rotatable bonds is 3. The Hall–Kier alpha value is -4.22. The molecule has 9 rings (SSSR count). The van der Waals surface area contributed by atoms with Gasteiger partial charge in [0.05, 0.1) is 11.2 Å². The minimum absolute atomic E-state index is 0.453. The van der Waals surface area contributed by atoms with Gasteiger partial charge in [-0.2, -0.15) is 0 Å². The van der Waals surface area contributed by atoms with E-state index in [1.807, 2.05) is 0 Å². The highest BCUT2D eigenvalue weighted by molar-refractivity contribution is 9.10. The van der Waals surface area contributed by atoms with Crippen LogP contribution in [-0.4, -0.2) is 18.3 Å². The first-order valence-electron chi connectivity index (χ1n) is 16.0. The fourth-order valence-corrected chi connectivity index (χ4v) is 8.07. The smallest absolute Gasteiger partial charge is 0.399 e. The molecule has 4 heteroatoms. The number of fused-ring (bicyclic) bond motifs is 2. The summed E-state index contributed by atoms with van der Waals surface area (Å²) in [7, 11) is -0.496. The second kappa shape index (κ2) is 9.89. The lowest BCUT2D eigenvalue weighted by atomic mass is 9.72. The maximum absolute atomic E-state index is 6.75. The van der Waals surface area contributed by atoms with Crippen molar-refractivity contribution in [2.45, 2.75) is 38.9 Å². The highest BCUT2D eigenvalue weighted by Gasteiger charge is 2.52. The Bertz CT molecular complexity index is 2490. The first-order valence-corrected chi connectivity index (χ1v) is 16.8. The molecule has 1 fully saturated rings. The van der Waals surface area contributed by atoms with E-state index in [1.54, 1.807) is 0 Å². The van der Waals surface area contributed by atoms with Gasteiger partial charge in [-0.15, -0.1) is 0 Å². The molecule has 0 bridgehead atoms. The summed E-state index contributed by atoms with van der Waals surface area (Å²) in [6.45, 7) is 8.51. The Morgan fingerprint density at radius 2 is 0.913 bits per heavy atom. The Balaban J connectivity index is 1.43. The fourth-order valence-electron chi connectivity index (χ4n) is 7.51. The van der Waals surface area contributed by atoms with Gasteiger partial charge in [-0.25, -0.2) is 0 Å². The van der Waals surface area contributed by atoms with Gasteiger partial charge in [0, 0.05) is 4.47 Å². The molecule has 1 aliphatic rings. The summed E-state index contributed by atoms with van der Waals surface area (Å²) in [4.78, 5) is 0. The minimum Gasteiger partial charge on any atom is -0.399 e. The zero-order chi connectivity index (χ0) is 31.4. The molecule has 0 N–H and O–H groups in total. The van der Waals surface area contributed by atoms with E-state index >= 15 is 0 Å². The zero-order valence-electron chi connectivity index (χ0n) is 26.3. The van der Waals surface area contributed by atoms with Crippen LogP contribution in [0.25, 0.3) is 76.1 Å². The van der Waals surface area contributed by atoms with Crippen molar-refractivity contribution in [1.82, 2.24) is 0 Å². The normalized spacial score (nSPS) is 16.1. The van der Waals surface area contributed by atoms with Gasteiger partial charge in [0.15, 0.2) is 0 Å². The molecule has 0 aromatic heterocycles. The van der Waals surface area contributed by atoms with Crippen LogP contribution in [0.3, 0.4) is 0 Å². The molecule has 0 aliphatic carbocycles. The average Bonchev–Trinajstić information content (AvgIpc) is 3.29. The number of hydrogen-bond donors (Lipinski definition) is 0. The molecule has 0 saturated carbocycles. The second-order valence-electron chi connectivity index (χ2n) is 13.6. The molecule has 2 nitrogen and oxygen atoms in total. The van der Waals surface area contributed by atoms with Crippen LogP contribution in [0.1, 0.15) is 27.7 Å². The molecule has 222 valence electrons. The number of hydrogen-bond acceptors (Lipinski definition) is 2. The highest BCUT2D eigenvalue weighted by atomic mass is 79.9. The second-order valence-corrected chi connectivity index (χ2v) is 14.5. The molecule has 0 amide bonds. The lowest BCUT2D eigenvalue weighted by Crippen LogP contribution is -2.41. The summed E-state index contributed by atoms with van der Waals surface area (Å²) in [5.74, 6) is 0. The molecule has 1 heterocycles. The van der Waals surface area contributed by atoms with Crippen molar-refractivity contribution in [2.75, 3.05) is 0 Å². The predicted octanol–water partition coefficient (Wildman–Crippen LogP) is 11.3. The molecule has 0 radical (unpaired) electrons. The van der Waals surface area contributed by atoms with Gasteiger partial charge in [-0.3, -0.25) is 0 Å². The van der Waals surface area contributed by atoms with E-state index in [0.29, 0.717) is 0 Å². The average molecular weight is 659 g/mol. The van der Waals surface area contributed by atoms with Gasteiger partial charge in [0.25, 0.3) is 0 Å². The first kappa shape index (κ1) is 28.0. The molecular formula is C42H32BBrO2. The van der Waals surface area contributed by atoms with Gasteiger partial charge >= 0.3 is 7.12 Å². The first-order chi connectivity index (χ1) is 22.2. The van der Waals surface area contributed by atoms with E-state index in [1.165, 1.54) is 70.7 Å². The van der Waals surface area contributed by atoms with Crippen molar-refractivity contribution in [1.29, 1.82) is 0 Å². The van der Waals surface area contributed by atoms with E-state index in [9.17, 15) is 0 Å². The van der Waals surface area contributed by atoms with Crippen molar-refractivity contribution in [3.8, 4) is 22.3 Å². The Labute approximate surface area is 277 Å². The van der Waals surface area contributed by atoms with Crippen molar-refractivity contribution in [3.63, 3.8) is 0 Å². The van der Waals surface area contributed by atoms with Crippen LogP contribution in [0, 0.1) is 0 Å². The molecule has 0 unspecified atom stereocenters. The van der Waals surface area contributed by atoms with Crippen molar-refractivity contribution < 1.29 is 9.31 Å². The van der Waals surface area contributed by atoms with Gasteiger partial charge in [-0.1, -0.05) is 131 Å². The summed E-state index contributed by atoms with van der Waals surface area (Å²) in [5.41, 5.74) is 5.01. The van der Waals surface area contributed by atoms with Crippen LogP contribution in [0.4, 0.5) is 0 Å². The Morgan fingerprint density at radius 1 is 0.457 bits per heavy atom. The third-order valence-electron chi connectivity index (χ3n) is 10.5. The monoisotopic (exact) mass is 658 g/mol. The fraction of sp³-hybridized carbons (Fsp3) is 0.143. The lowest BCUT2D eigenvalue weighted by Gasteiger charge is -2.32. The van der Waals surface area contributed by atoms with Gasteiger partial charge in [0.2, 0.25) is 0 Å². The van der Waals surface area contributed by atoms with Gasteiger partial charge in [0.1, 0.15) is 0 Å². The Morgan fingerprint density at radius 3 is 1.50 bits per heavy atom. The third kappa shape index (κ3) is 3.97. The quantitative estimate of drug-likeness (QED) is 0.139. The molecular weight excluding hydrogens is 627 g/mol. The topological polar surface area (TPSA) is 18.5 Å². The largest absolute Gasteiger partial charge is 0.495 e. The highest BCUT2D eigenvalue weighted by Crippen LogP contribution is 2.47. The van der Waals surface area contributed by atoms with Gasteiger partial charge < -0.3 is 9.31 Å². The van der Waals surface area contributed by atoms with E-state index in [-0.39, 0.29) is 0 Å². The molecule has 1 aliphatic heterocycles. The summed E-state index contributed by atoms with van der Waals surface area (Å²) < 4.78 is 14.6. The Kier molecular flexibility index (Phi) is 6.03.